The minimum atomic E-state index is -0.783. The zero-order chi connectivity index (χ0) is 12.7. The van der Waals surface area contributed by atoms with Crippen molar-refractivity contribution in [2.75, 3.05) is 18.0 Å². The van der Waals surface area contributed by atoms with Gasteiger partial charge in [-0.25, -0.2) is 0 Å². The Morgan fingerprint density at radius 1 is 1.33 bits per heavy atom. The van der Waals surface area contributed by atoms with Gasteiger partial charge in [-0.3, -0.25) is 9.59 Å². The number of carbonyl (C=O) groups is 1. The molecular formula is C13H12N2O3. The maximum absolute atomic E-state index is 11.9. The van der Waals surface area contributed by atoms with E-state index in [-0.39, 0.29) is 11.5 Å². The Labute approximate surface area is 103 Å². The summed E-state index contributed by atoms with van der Waals surface area (Å²) in [4.78, 5) is 27.3. The first kappa shape index (κ1) is 10.8. The van der Waals surface area contributed by atoms with Crippen LogP contribution in [0, 0.1) is 5.92 Å². The number of H-pyrrole nitrogens is 1. The van der Waals surface area contributed by atoms with Gasteiger partial charge in [0.25, 0.3) is 5.56 Å². The number of hydrogen-bond acceptors (Lipinski definition) is 3. The molecule has 1 saturated heterocycles. The Morgan fingerprint density at radius 2 is 2.06 bits per heavy atom. The molecule has 0 amide bonds. The molecule has 2 N–H and O–H groups in total. The van der Waals surface area contributed by atoms with Gasteiger partial charge in [-0.1, -0.05) is 18.2 Å². The lowest BCUT2D eigenvalue weighted by Crippen LogP contribution is -2.51. The van der Waals surface area contributed by atoms with Crippen LogP contribution in [-0.4, -0.2) is 29.1 Å². The number of nitrogens with one attached hydrogen (secondary N) is 1. The maximum atomic E-state index is 11.9. The first-order valence-corrected chi connectivity index (χ1v) is 5.75. The molecule has 0 atom stereocenters. The van der Waals surface area contributed by atoms with Crippen molar-refractivity contribution >= 4 is 22.6 Å². The van der Waals surface area contributed by atoms with E-state index in [1.165, 1.54) is 0 Å². The molecule has 1 fully saturated rings. The average molecular weight is 244 g/mol. The van der Waals surface area contributed by atoms with Crippen LogP contribution in [0.25, 0.3) is 10.8 Å². The highest BCUT2D eigenvalue weighted by atomic mass is 16.4. The molecule has 3 rings (SSSR count). The van der Waals surface area contributed by atoms with Gasteiger partial charge in [0.05, 0.1) is 5.92 Å². The van der Waals surface area contributed by atoms with E-state index in [0.717, 1.165) is 5.39 Å². The van der Waals surface area contributed by atoms with Gasteiger partial charge in [-0.15, -0.1) is 0 Å². The van der Waals surface area contributed by atoms with Gasteiger partial charge >= 0.3 is 5.97 Å². The molecule has 1 aliphatic rings. The van der Waals surface area contributed by atoms with Crippen molar-refractivity contribution in [3.8, 4) is 0 Å². The van der Waals surface area contributed by atoms with Crippen molar-refractivity contribution in [2.45, 2.75) is 0 Å². The predicted molar refractivity (Wildman–Crippen MR) is 67.9 cm³/mol. The highest BCUT2D eigenvalue weighted by Gasteiger charge is 2.33. The summed E-state index contributed by atoms with van der Waals surface area (Å²) in [6.45, 7) is 0.896. The fourth-order valence-corrected chi connectivity index (χ4v) is 2.20. The molecule has 92 valence electrons. The Bertz CT molecular complexity index is 671. The molecule has 0 spiro atoms. The first-order valence-electron chi connectivity index (χ1n) is 5.75. The number of anilines is 1. The van der Waals surface area contributed by atoms with Crippen LogP contribution in [-0.2, 0) is 4.79 Å². The lowest BCUT2D eigenvalue weighted by atomic mass is 10.0. The summed E-state index contributed by atoms with van der Waals surface area (Å²) in [5.41, 5.74) is -0.137. The molecule has 0 aliphatic carbocycles. The number of aromatic nitrogens is 1. The quantitative estimate of drug-likeness (QED) is 0.828. The molecule has 18 heavy (non-hydrogen) atoms. The van der Waals surface area contributed by atoms with Crippen molar-refractivity contribution in [3.05, 3.63) is 40.7 Å². The summed E-state index contributed by atoms with van der Waals surface area (Å²) in [7, 11) is 0. The van der Waals surface area contributed by atoms with Crippen LogP contribution in [0.5, 0.6) is 0 Å². The molecule has 5 nitrogen and oxygen atoms in total. The van der Waals surface area contributed by atoms with Crippen molar-refractivity contribution in [2.24, 2.45) is 5.92 Å². The van der Waals surface area contributed by atoms with Crippen molar-refractivity contribution in [1.82, 2.24) is 4.98 Å². The summed E-state index contributed by atoms with van der Waals surface area (Å²) in [6, 6.07) is 9.23. The van der Waals surface area contributed by atoms with E-state index in [2.05, 4.69) is 4.98 Å². The van der Waals surface area contributed by atoms with Gasteiger partial charge in [-0.05, 0) is 17.5 Å². The molecule has 0 bridgehead atoms. The zero-order valence-electron chi connectivity index (χ0n) is 9.59. The van der Waals surface area contributed by atoms with Crippen LogP contribution in [0.3, 0.4) is 0 Å². The number of carboxylic acid groups (broad SMARTS) is 1. The van der Waals surface area contributed by atoms with E-state index in [4.69, 9.17) is 5.11 Å². The van der Waals surface area contributed by atoms with E-state index in [1.54, 1.807) is 6.07 Å². The number of rotatable bonds is 2. The van der Waals surface area contributed by atoms with Gasteiger partial charge in [0.2, 0.25) is 0 Å². The summed E-state index contributed by atoms with van der Waals surface area (Å²) in [5, 5.41) is 10.3. The standard InChI is InChI=1S/C13H12N2O3/c16-12-10-4-2-1-3-8(10)5-11(14-12)15-6-9(7-15)13(17)18/h1-5,9H,6-7H2,(H,14,16)(H,17,18). The second-order valence-electron chi connectivity index (χ2n) is 4.51. The molecule has 1 aromatic carbocycles. The van der Waals surface area contributed by atoms with Crippen molar-refractivity contribution < 1.29 is 9.90 Å². The van der Waals surface area contributed by atoms with Gasteiger partial charge in [0.1, 0.15) is 5.82 Å². The number of aliphatic carboxylic acids is 1. The molecule has 5 heteroatoms. The molecule has 0 saturated carbocycles. The number of carboxylic acids is 1. The smallest absolute Gasteiger partial charge is 0.310 e. The van der Waals surface area contributed by atoms with E-state index in [9.17, 15) is 9.59 Å². The normalized spacial score (nSPS) is 15.7. The molecule has 2 heterocycles. The van der Waals surface area contributed by atoms with E-state index < -0.39 is 5.97 Å². The summed E-state index contributed by atoms with van der Waals surface area (Å²) < 4.78 is 0. The third-order valence-electron chi connectivity index (χ3n) is 3.31. The van der Waals surface area contributed by atoms with Crippen LogP contribution >= 0.6 is 0 Å². The van der Waals surface area contributed by atoms with Crippen LogP contribution in [0.4, 0.5) is 5.82 Å². The largest absolute Gasteiger partial charge is 0.481 e. The second-order valence-corrected chi connectivity index (χ2v) is 4.51. The van der Waals surface area contributed by atoms with Crippen LogP contribution in [0.15, 0.2) is 35.1 Å². The monoisotopic (exact) mass is 244 g/mol. The molecule has 0 unspecified atom stereocenters. The third kappa shape index (κ3) is 1.64. The fourth-order valence-electron chi connectivity index (χ4n) is 2.20. The minimum absolute atomic E-state index is 0.137. The molecule has 1 aliphatic heterocycles. The summed E-state index contributed by atoms with van der Waals surface area (Å²) in [5.74, 6) is -0.425. The average Bonchev–Trinajstić information content (AvgIpc) is 2.26. The number of benzene rings is 1. The predicted octanol–water partition coefficient (Wildman–Crippen LogP) is 1.05. The topological polar surface area (TPSA) is 73.4 Å². The number of hydrogen-bond donors (Lipinski definition) is 2. The lowest BCUT2D eigenvalue weighted by molar-refractivity contribution is -0.142. The third-order valence-corrected chi connectivity index (χ3v) is 3.31. The SMILES string of the molecule is O=C(O)C1CN(c2cc3ccccc3c(=O)[nH]2)C1. The van der Waals surface area contributed by atoms with Gasteiger partial charge in [-0.2, -0.15) is 0 Å². The number of fused-ring (bicyclic) bond motifs is 1. The Morgan fingerprint density at radius 3 is 2.78 bits per heavy atom. The highest BCUT2D eigenvalue weighted by molar-refractivity contribution is 5.84. The number of pyridine rings is 1. The van der Waals surface area contributed by atoms with Crippen LogP contribution < -0.4 is 10.5 Å². The highest BCUT2D eigenvalue weighted by Crippen LogP contribution is 2.24. The lowest BCUT2D eigenvalue weighted by Gasteiger charge is -2.38. The van der Waals surface area contributed by atoms with Crippen LogP contribution in [0.2, 0.25) is 0 Å². The van der Waals surface area contributed by atoms with Gasteiger partial charge < -0.3 is 15.0 Å². The Balaban J connectivity index is 1.95. The van der Waals surface area contributed by atoms with E-state index in [1.807, 2.05) is 29.2 Å². The molecule has 2 aromatic rings. The maximum Gasteiger partial charge on any atom is 0.310 e. The number of nitrogens with zero attached hydrogens (tertiary/aromatic N) is 1. The van der Waals surface area contributed by atoms with Crippen LogP contribution in [0.1, 0.15) is 0 Å². The molecule has 0 radical (unpaired) electrons. The van der Waals surface area contributed by atoms with E-state index >= 15 is 0 Å². The zero-order valence-corrected chi connectivity index (χ0v) is 9.59. The van der Waals surface area contributed by atoms with Gasteiger partial charge in [0, 0.05) is 18.5 Å². The van der Waals surface area contributed by atoms with Gasteiger partial charge in [0.15, 0.2) is 0 Å². The Kier molecular flexibility index (Phi) is 2.33. The first-order chi connectivity index (χ1) is 8.65. The van der Waals surface area contributed by atoms with E-state index in [0.29, 0.717) is 24.3 Å². The fraction of sp³-hybridized carbons (Fsp3) is 0.231. The summed E-state index contributed by atoms with van der Waals surface area (Å²) in [6.07, 6.45) is 0. The molecule has 1 aromatic heterocycles. The minimum Gasteiger partial charge on any atom is -0.481 e. The Hall–Kier alpha value is -2.30. The molecular weight excluding hydrogens is 232 g/mol. The van der Waals surface area contributed by atoms with Crippen molar-refractivity contribution in [3.63, 3.8) is 0 Å². The van der Waals surface area contributed by atoms with Crippen molar-refractivity contribution in [1.29, 1.82) is 0 Å². The number of aromatic amines is 1. The second kappa shape index (κ2) is 3.87. The summed E-state index contributed by atoms with van der Waals surface area (Å²) >= 11 is 0.